The number of carbonyl (C=O) groups excluding carboxylic acids is 2. The second kappa shape index (κ2) is 3.73. The molecule has 3 amide bonds. The number of benzene rings is 1. The summed E-state index contributed by atoms with van der Waals surface area (Å²) in [6.45, 7) is 0. The highest BCUT2D eigenvalue weighted by Crippen LogP contribution is 2.22. The van der Waals surface area contributed by atoms with Crippen molar-refractivity contribution in [1.29, 1.82) is 0 Å². The molecule has 3 rings (SSSR count). The van der Waals surface area contributed by atoms with Gasteiger partial charge in [0.25, 0.3) is 5.91 Å². The molecule has 0 aliphatic carbocycles. The lowest BCUT2D eigenvalue weighted by Gasteiger charge is -2.00. The molecule has 2 heterocycles. The predicted octanol–water partition coefficient (Wildman–Crippen LogP) is 1.96. The Morgan fingerprint density at radius 2 is 2.11 bits per heavy atom. The van der Waals surface area contributed by atoms with Crippen LogP contribution >= 0.6 is 0 Å². The van der Waals surface area contributed by atoms with Gasteiger partial charge in [0.15, 0.2) is 0 Å². The van der Waals surface area contributed by atoms with Gasteiger partial charge in [0.05, 0.1) is 6.26 Å². The summed E-state index contributed by atoms with van der Waals surface area (Å²) in [4.78, 5) is 24.1. The van der Waals surface area contributed by atoms with Crippen molar-refractivity contribution in [3.05, 3.63) is 41.8 Å². The Kier molecular flexibility index (Phi) is 2.19. The topological polar surface area (TPSA) is 62.6 Å². The Bertz CT molecular complexity index is 684. The number of likely N-dealkylation sites (N-methyl/N-ethyl adjacent to an activating group) is 1. The molecule has 0 radical (unpaired) electrons. The number of para-hydroxylation sites is 1. The highest BCUT2D eigenvalue weighted by atomic mass is 16.3. The molecule has 0 unspecified atom stereocenters. The van der Waals surface area contributed by atoms with Gasteiger partial charge in [0, 0.05) is 18.0 Å². The lowest BCUT2D eigenvalue weighted by molar-refractivity contribution is -0.121. The van der Waals surface area contributed by atoms with E-state index in [9.17, 15) is 9.59 Å². The van der Waals surface area contributed by atoms with Gasteiger partial charge < -0.3 is 9.73 Å². The lowest BCUT2D eigenvalue weighted by Crippen LogP contribution is -2.25. The molecule has 18 heavy (non-hydrogen) atoms. The fraction of sp³-hybridized carbons (Fsp3) is 0.0769. The minimum Gasteiger partial charge on any atom is -0.464 e. The number of furan rings is 1. The summed E-state index contributed by atoms with van der Waals surface area (Å²) < 4.78 is 5.37. The van der Waals surface area contributed by atoms with E-state index >= 15 is 0 Å². The molecule has 0 saturated carbocycles. The van der Waals surface area contributed by atoms with Gasteiger partial charge in [0.1, 0.15) is 11.3 Å². The van der Waals surface area contributed by atoms with Crippen molar-refractivity contribution in [1.82, 2.24) is 10.2 Å². The maximum Gasteiger partial charge on any atom is 0.328 e. The summed E-state index contributed by atoms with van der Waals surface area (Å²) in [7, 11) is 1.44. The van der Waals surface area contributed by atoms with E-state index in [2.05, 4.69) is 5.32 Å². The zero-order valence-corrected chi connectivity index (χ0v) is 9.64. The van der Waals surface area contributed by atoms with Crippen LogP contribution in [0.2, 0.25) is 0 Å². The van der Waals surface area contributed by atoms with Gasteiger partial charge in [-0.2, -0.15) is 0 Å². The van der Waals surface area contributed by atoms with Crippen LogP contribution in [-0.4, -0.2) is 23.9 Å². The van der Waals surface area contributed by atoms with Crippen LogP contribution in [0.5, 0.6) is 0 Å². The second-order valence-electron chi connectivity index (χ2n) is 4.04. The van der Waals surface area contributed by atoms with Crippen molar-refractivity contribution in [3.63, 3.8) is 0 Å². The number of carbonyl (C=O) groups is 2. The number of nitrogens with one attached hydrogen (secondary N) is 1. The Labute approximate surface area is 103 Å². The number of amides is 3. The summed E-state index contributed by atoms with van der Waals surface area (Å²) in [6.07, 6.45) is 3.21. The third-order valence-corrected chi connectivity index (χ3v) is 2.89. The van der Waals surface area contributed by atoms with E-state index in [0.29, 0.717) is 5.58 Å². The molecule has 0 spiro atoms. The molecular formula is C13H10N2O3. The van der Waals surface area contributed by atoms with Gasteiger partial charge in [-0.15, -0.1) is 0 Å². The zero-order chi connectivity index (χ0) is 12.7. The van der Waals surface area contributed by atoms with Gasteiger partial charge in [0.2, 0.25) is 0 Å². The summed E-state index contributed by atoms with van der Waals surface area (Å²) >= 11 is 0. The predicted molar refractivity (Wildman–Crippen MR) is 65.5 cm³/mol. The van der Waals surface area contributed by atoms with Crippen LogP contribution in [0.15, 0.2) is 40.6 Å². The Morgan fingerprint density at radius 3 is 2.83 bits per heavy atom. The van der Waals surface area contributed by atoms with E-state index in [0.717, 1.165) is 15.8 Å². The van der Waals surface area contributed by atoms with Crippen LogP contribution in [0, 0.1) is 0 Å². The molecule has 0 bridgehead atoms. The van der Waals surface area contributed by atoms with Gasteiger partial charge in [-0.1, -0.05) is 18.2 Å². The van der Waals surface area contributed by atoms with E-state index in [4.69, 9.17) is 4.42 Å². The quantitative estimate of drug-likeness (QED) is 0.614. The van der Waals surface area contributed by atoms with Crippen molar-refractivity contribution in [3.8, 4) is 0 Å². The summed E-state index contributed by atoms with van der Waals surface area (Å²) in [6, 6.07) is 7.05. The second-order valence-corrected chi connectivity index (χ2v) is 4.04. The number of imide groups is 1. The highest BCUT2D eigenvalue weighted by molar-refractivity contribution is 6.14. The molecule has 1 aliphatic rings. The van der Waals surface area contributed by atoms with Crippen LogP contribution in [0.1, 0.15) is 5.56 Å². The van der Waals surface area contributed by atoms with Crippen LogP contribution in [-0.2, 0) is 4.79 Å². The fourth-order valence-electron chi connectivity index (χ4n) is 1.91. The number of hydrogen-bond donors (Lipinski definition) is 1. The molecule has 0 atom stereocenters. The molecule has 1 aromatic carbocycles. The van der Waals surface area contributed by atoms with Gasteiger partial charge >= 0.3 is 6.03 Å². The Hall–Kier alpha value is -2.56. The first kappa shape index (κ1) is 10.6. The number of rotatable bonds is 1. The smallest absolute Gasteiger partial charge is 0.328 e. The average Bonchev–Trinajstić information content (AvgIpc) is 2.92. The van der Waals surface area contributed by atoms with E-state index in [1.807, 2.05) is 24.3 Å². The maximum atomic E-state index is 11.7. The third-order valence-electron chi connectivity index (χ3n) is 2.89. The fourth-order valence-corrected chi connectivity index (χ4v) is 1.91. The van der Waals surface area contributed by atoms with Crippen molar-refractivity contribution in [2.75, 3.05) is 7.05 Å². The molecule has 1 saturated heterocycles. The number of hydrogen-bond acceptors (Lipinski definition) is 3. The van der Waals surface area contributed by atoms with Gasteiger partial charge in [-0.05, 0) is 12.1 Å². The van der Waals surface area contributed by atoms with Gasteiger partial charge in [-0.3, -0.25) is 9.69 Å². The Morgan fingerprint density at radius 1 is 1.28 bits per heavy atom. The first-order valence-corrected chi connectivity index (χ1v) is 5.44. The SMILES string of the molecule is CN1C(=O)NC(=Cc2cccc3ccoc23)C1=O. The van der Waals surface area contributed by atoms with E-state index in [1.165, 1.54) is 7.05 Å². The monoisotopic (exact) mass is 242 g/mol. The molecule has 90 valence electrons. The third kappa shape index (κ3) is 1.48. The van der Waals surface area contributed by atoms with Crippen molar-refractivity contribution in [2.24, 2.45) is 0 Å². The standard InChI is InChI=1S/C13H10N2O3/c1-15-12(16)10(14-13(15)17)7-9-4-2-3-8-5-6-18-11(8)9/h2-7H,1H3,(H,14,17). The molecule has 2 aromatic rings. The minimum absolute atomic E-state index is 0.256. The van der Waals surface area contributed by atoms with Crippen molar-refractivity contribution < 1.29 is 14.0 Å². The van der Waals surface area contributed by atoms with Crippen LogP contribution < -0.4 is 5.32 Å². The molecule has 1 N–H and O–H groups in total. The first-order valence-electron chi connectivity index (χ1n) is 5.44. The van der Waals surface area contributed by atoms with E-state index in [1.54, 1.807) is 12.3 Å². The lowest BCUT2D eigenvalue weighted by atomic mass is 10.1. The molecule has 1 aliphatic heterocycles. The normalized spacial score (nSPS) is 17.8. The minimum atomic E-state index is -0.419. The number of fused-ring (bicyclic) bond motifs is 1. The summed E-state index contributed by atoms with van der Waals surface area (Å²) in [5.41, 5.74) is 1.71. The van der Waals surface area contributed by atoms with Crippen molar-refractivity contribution >= 4 is 29.0 Å². The average molecular weight is 242 g/mol. The summed E-state index contributed by atoms with van der Waals surface area (Å²) in [5, 5.41) is 3.47. The van der Waals surface area contributed by atoms with E-state index in [-0.39, 0.29) is 11.6 Å². The number of urea groups is 1. The van der Waals surface area contributed by atoms with Crippen LogP contribution in [0.3, 0.4) is 0 Å². The van der Waals surface area contributed by atoms with Crippen LogP contribution in [0.25, 0.3) is 17.0 Å². The van der Waals surface area contributed by atoms with Crippen LogP contribution in [0.4, 0.5) is 4.79 Å². The molecule has 1 fully saturated rings. The Balaban J connectivity index is 2.09. The van der Waals surface area contributed by atoms with E-state index < -0.39 is 6.03 Å². The highest BCUT2D eigenvalue weighted by Gasteiger charge is 2.30. The molecule has 5 nitrogen and oxygen atoms in total. The zero-order valence-electron chi connectivity index (χ0n) is 9.64. The maximum absolute atomic E-state index is 11.7. The molecule has 1 aromatic heterocycles. The first-order chi connectivity index (χ1) is 8.66. The number of nitrogens with zero attached hydrogens (tertiary/aromatic N) is 1. The molecule has 5 heteroatoms. The van der Waals surface area contributed by atoms with Gasteiger partial charge in [-0.25, -0.2) is 4.79 Å². The summed E-state index contributed by atoms with van der Waals surface area (Å²) in [5.74, 6) is -0.344. The largest absolute Gasteiger partial charge is 0.464 e. The molecular weight excluding hydrogens is 232 g/mol. The van der Waals surface area contributed by atoms with Crippen molar-refractivity contribution in [2.45, 2.75) is 0 Å².